The average Bonchev–Trinajstić information content (AvgIpc) is 3.25. The lowest BCUT2D eigenvalue weighted by Crippen LogP contribution is -2.39. The summed E-state index contributed by atoms with van der Waals surface area (Å²) in [7, 11) is -3.53. The van der Waals surface area contributed by atoms with Crippen molar-refractivity contribution in [2.75, 3.05) is 26.2 Å². The van der Waals surface area contributed by atoms with Gasteiger partial charge < -0.3 is 9.42 Å². The zero-order valence-electron chi connectivity index (χ0n) is 18.9. The van der Waals surface area contributed by atoms with Gasteiger partial charge in [-0.25, -0.2) is 17.5 Å². The maximum atomic E-state index is 13.3. The van der Waals surface area contributed by atoms with Gasteiger partial charge in [-0.05, 0) is 86.3 Å². The van der Waals surface area contributed by atoms with E-state index in [2.05, 4.69) is 14.8 Å². The Hall–Kier alpha value is -2.81. The Morgan fingerprint density at radius 2 is 1.82 bits per heavy atom. The fourth-order valence-electron chi connectivity index (χ4n) is 4.67. The van der Waals surface area contributed by atoms with Crippen molar-refractivity contribution in [2.24, 2.45) is 5.92 Å². The predicted molar refractivity (Wildman–Crippen MR) is 131 cm³/mol. The number of nitrogens with zero attached hydrogens (tertiary/aromatic N) is 2. The largest absolute Gasteiger partial charge is 0.356 e. The van der Waals surface area contributed by atoms with Crippen LogP contribution in [0.25, 0.3) is 21.7 Å². The van der Waals surface area contributed by atoms with Crippen LogP contribution in [-0.4, -0.2) is 44.7 Å². The summed E-state index contributed by atoms with van der Waals surface area (Å²) in [4.78, 5) is 2.72. The summed E-state index contributed by atoms with van der Waals surface area (Å²) in [5, 5.41) is 6.92. The molecule has 178 valence electrons. The zero-order chi connectivity index (χ0) is 23.5. The predicted octanol–water partition coefficient (Wildman–Crippen LogP) is 4.74. The average molecular weight is 482 g/mol. The van der Waals surface area contributed by atoms with Gasteiger partial charge in [0.2, 0.25) is 10.0 Å². The third-order valence-electron chi connectivity index (χ3n) is 6.70. The molecule has 1 aliphatic rings. The molecule has 0 spiro atoms. The maximum Gasteiger partial charge on any atom is 0.240 e. The number of hydrogen-bond donors (Lipinski definition) is 1. The van der Waals surface area contributed by atoms with Gasteiger partial charge in [-0.3, -0.25) is 0 Å². The monoisotopic (exact) mass is 481 g/mol. The van der Waals surface area contributed by atoms with E-state index in [4.69, 9.17) is 4.52 Å². The molecule has 3 aromatic carbocycles. The molecule has 34 heavy (non-hydrogen) atoms. The van der Waals surface area contributed by atoms with Gasteiger partial charge in [-0.1, -0.05) is 35.5 Å². The molecule has 8 heteroatoms. The van der Waals surface area contributed by atoms with E-state index in [0.717, 1.165) is 67.2 Å². The van der Waals surface area contributed by atoms with Crippen LogP contribution in [0.2, 0.25) is 0 Å². The van der Waals surface area contributed by atoms with E-state index in [1.807, 2.05) is 30.3 Å². The highest BCUT2D eigenvalue weighted by molar-refractivity contribution is 7.89. The van der Waals surface area contributed by atoms with Crippen LogP contribution in [0.5, 0.6) is 0 Å². The van der Waals surface area contributed by atoms with Crippen LogP contribution in [0, 0.1) is 11.7 Å². The van der Waals surface area contributed by atoms with Gasteiger partial charge in [0.15, 0.2) is 5.58 Å². The molecule has 0 bridgehead atoms. The highest BCUT2D eigenvalue weighted by atomic mass is 32.2. The second kappa shape index (κ2) is 9.82. The van der Waals surface area contributed by atoms with Crippen molar-refractivity contribution in [3.05, 3.63) is 72.2 Å². The molecule has 0 radical (unpaired) electrons. The molecular formula is C26H28FN3O3S. The molecule has 1 aromatic heterocycles. The lowest BCUT2D eigenvalue weighted by molar-refractivity contribution is 0.183. The minimum Gasteiger partial charge on any atom is -0.356 e. The summed E-state index contributed by atoms with van der Waals surface area (Å²) in [6.45, 7) is 3.32. The Morgan fingerprint density at radius 1 is 1.03 bits per heavy atom. The fourth-order valence-corrected chi connectivity index (χ4v) is 5.82. The summed E-state index contributed by atoms with van der Waals surface area (Å²) in [6.07, 6.45) is 3.65. The van der Waals surface area contributed by atoms with E-state index in [0.29, 0.717) is 22.9 Å². The number of likely N-dealkylation sites (tertiary alicyclic amines) is 1. The first kappa shape index (κ1) is 23.0. The summed E-state index contributed by atoms with van der Waals surface area (Å²) in [5.41, 5.74) is 1.36. The van der Waals surface area contributed by atoms with Crippen molar-refractivity contribution in [3.63, 3.8) is 0 Å². The lowest BCUT2D eigenvalue weighted by Gasteiger charge is -2.31. The Kier molecular flexibility index (Phi) is 6.63. The Labute approximate surface area is 198 Å². The standard InChI is InChI=1S/C26H28FN3O3S/c27-22-8-10-24-25(29-33-26(24)17-22)6-3-13-30-14-11-19(12-15-30)18-28-34(31,32)23-9-7-20-4-1-2-5-21(20)16-23/h1-2,4-5,7-10,16-17,19,28H,3,6,11-15,18H2. The Balaban J connectivity index is 1.08. The van der Waals surface area contributed by atoms with E-state index in [1.54, 1.807) is 18.2 Å². The third kappa shape index (κ3) is 5.14. The van der Waals surface area contributed by atoms with Crippen molar-refractivity contribution < 1.29 is 17.3 Å². The van der Waals surface area contributed by atoms with Gasteiger partial charge >= 0.3 is 0 Å². The van der Waals surface area contributed by atoms with Crippen LogP contribution in [-0.2, 0) is 16.4 Å². The summed E-state index contributed by atoms with van der Waals surface area (Å²) >= 11 is 0. The number of benzene rings is 3. The molecular weight excluding hydrogens is 453 g/mol. The number of halogens is 1. The summed E-state index contributed by atoms with van der Waals surface area (Å²) in [5.74, 6) is 0.0125. The normalized spacial score (nSPS) is 15.9. The van der Waals surface area contributed by atoms with Gasteiger partial charge in [0.05, 0.1) is 10.6 Å². The number of piperidine rings is 1. The number of hydrogen-bond acceptors (Lipinski definition) is 5. The molecule has 1 aliphatic heterocycles. The van der Waals surface area contributed by atoms with E-state index in [-0.39, 0.29) is 5.82 Å². The number of sulfonamides is 1. The maximum absolute atomic E-state index is 13.3. The molecule has 1 N–H and O–H groups in total. The highest BCUT2D eigenvalue weighted by Crippen LogP contribution is 2.23. The minimum absolute atomic E-state index is 0.312. The van der Waals surface area contributed by atoms with Crippen LogP contribution in [0.15, 0.2) is 70.1 Å². The van der Waals surface area contributed by atoms with Crippen molar-refractivity contribution in [1.82, 2.24) is 14.8 Å². The van der Waals surface area contributed by atoms with Gasteiger partial charge in [-0.2, -0.15) is 0 Å². The van der Waals surface area contributed by atoms with E-state index >= 15 is 0 Å². The van der Waals surface area contributed by atoms with Crippen molar-refractivity contribution >= 4 is 31.8 Å². The fraction of sp³-hybridized carbons (Fsp3) is 0.346. The molecule has 0 amide bonds. The number of aryl methyl sites for hydroxylation is 1. The smallest absolute Gasteiger partial charge is 0.240 e. The molecule has 1 saturated heterocycles. The molecule has 0 atom stereocenters. The molecule has 0 unspecified atom stereocenters. The summed E-state index contributed by atoms with van der Waals surface area (Å²) < 4.78 is 46.9. The van der Waals surface area contributed by atoms with E-state index in [1.165, 1.54) is 12.1 Å². The molecule has 2 heterocycles. The van der Waals surface area contributed by atoms with Gasteiger partial charge in [0.1, 0.15) is 5.82 Å². The highest BCUT2D eigenvalue weighted by Gasteiger charge is 2.22. The summed E-state index contributed by atoms with van der Waals surface area (Å²) in [6, 6.07) is 17.5. The van der Waals surface area contributed by atoms with Gasteiger partial charge in [0, 0.05) is 18.0 Å². The number of nitrogens with one attached hydrogen (secondary N) is 1. The van der Waals surface area contributed by atoms with Crippen LogP contribution < -0.4 is 4.72 Å². The van der Waals surface area contributed by atoms with Crippen LogP contribution in [0.1, 0.15) is 25.0 Å². The zero-order valence-corrected chi connectivity index (χ0v) is 19.7. The number of rotatable bonds is 8. The second-order valence-electron chi connectivity index (χ2n) is 9.02. The van der Waals surface area contributed by atoms with Gasteiger partial charge in [-0.15, -0.1) is 0 Å². The SMILES string of the molecule is O=S(=O)(NCC1CCN(CCCc2noc3cc(F)ccc23)CC1)c1ccc2ccccc2c1. The first-order chi connectivity index (χ1) is 16.5. The lowest BCUT2D eigenvalue weighted by atomic mass is 9.97. The van der Waals surface area contributed by atoms with E-state index < -0.39 is 10.0 Å². The first-order valence-corrected chi connectivity index (χ1v) is 13.2. The van der Waals surface area contributed by atoms with Crippen LogP contribution in [0.4, 0.5) is 4.39 Å². The molecule has 0 aliphatic carbocycles. The third-order valence-corrected chi connectivity index (χ3v) is 8.12. The van der Waals surface area contributed by atoms with Crippen molar-refractivity contribution in [3.8, 4) is 0 Å². The molecule has 5 rings (SSSR count). The number of aromatic nitrogens is 1. The molecule has 0 saturated carbocycles. The Morgan fingerprint density at radius 3 is 2.65 bits per heavy atom. The first-order valence-electron chi connectivity index (χ1n) is 11.7. The molecule has 1 fully saturated rings. The van der Waals surface area contributed by atoms with Crippen LogP contribution in [0.3, 0.4) is 0 Å². The second-order valence-corrected chi connectivity index (χ2v) is 10.8. The van der Waals surface area contributed by atoms with Crippen LogP contribution >= 0.6 is 0 Å². The van der Waals surface area contributed by atoms with E-state index in [9.17, 15) is 12.8 Å². The molecule has 6 nitrogen and oxygen atoms in total. The Bertz CT molecular complexity index is 1390. The molecule has 4 aromatic rings. The number of fused-ring (bicyclic) bond motifs is 2. The quantitative estimate of drug-likeness (QED) is 0.393. The van der Waals surface area contributed by atoms with Crippen molar-refractivity contribution in [2.45, 2.75) is 30.6 Å². The van der Waals surface area contributed by atoms with Gasteiger partial charge in [0.25, 0.3) is 0 Å². The minimum atomic E-state index is -3.53. The topological polar surface area (TPSA) is 75.4 Å². The van der Waals surface area contributed by atoms with Crippen molar-refractivity contribution in [1.29, 1.82) is 0 Å².